The zero-order valence-electron chi connectivity index (χ0n) is 8.39. The lowest BCUT2D eigenvalue weighted by atomic mass is 10.2. The smallest absolute Gasteiger partial charge is 0.237 e. The van der Waals surface area contributed by atoms with Gasteiger partial charge >= 0.3 is 0 Å². The second-order valence-electron chi connectivity index (χ2n) is 2.89. The predicted octanol–water partition coefficient (Wildman–Crippen LogP) is -1.74. The van der Waals surface area contributed by atoms with Crippen LogP contribution in [0.5, 0.6) is 0 Å². The van der Waals surface area contributed by atoms with E-state index < -0.39 is 6.04 Å². The molecule has 13 heavy (non-hydrogen) atoms. The lowest BCUT2D eigenvalue weighted by Crippen LogP contribution is -2.43. The Morgan fingerprint density at radius 3 is 2.38 bits per heavy atom. The second-order valence-corrected chi connectivity index (χ2v) is 2.89. The van der Waals surface area contributed by atoms with Crippen LogP contribution in [-0.4, -0.2) is 45.7 Å². The predicted molar refractivity (Wildman–Crippen MR) is 53.5 cm³/mol. The highest BCUT2D eigenvalue weighted by atomic mass is 16.2. The van der Waals surface area contributed by atoms with E-state index in [1.54, 1.807) is 0 Å². The van der Waals surface area contributed by atoms with Crippen molar-refractivity contribution >= 4 is 5.91 Å². The summed E-state index contributed by atoms with van der Waals surface area (Å²) in [7, 11) is 3.68. The average Bonchev–Trinajstić information content (AvgIpc) is 2.14. The number of amides is 1. The van der Waals surface area contributed by atoms with Gasteiger partial charge in [0, 0.05) is 13.1 Å². The summed E-state index contributed by atoms with van der Waals surface area (Å²) >= 11 is 0. The van der Waals surface area contributed by atoms with Crippen molar-refractivity contribution in [3.05, 3.63) is 0 Å². The number of nitrogens with two attached hydrogens (primary N) is 1. The van der Waals surface area contributed by atoms with Crippen molar-refractivity contribution in [2.24, 2.45) is 5.73 Å². The summed E-state index contributed by atoms with van der Waals surface area (Å²) in [5.74, 6) is -0.0782. The molecule has 5 heteroatoms. The molecule has 0 bridgehead atoms. The topological polar surface area (TPSA) is 79.2 Å². The van der Waals surface area contributed by atoms with Gasteiger partial charge in [-0.1, -0.05) is 0 Å². The average molecular weight is 188 g/mol. The zero-order chi connectivity index (χ0) is 10.1. The standard InChI is InChI=1S/C8H20N4O/c1-10-4-3-7(9)8(13)12-6-5-11-2/h7,10-11H,3-6,9H2,1-2H3,(H,12,13)/t7-/m0/s1. The fraction of sp³-hybridized carbons (Fsp3) is 0.875. The first-order chi connectivity index (χ1) is 6.22. The number of likely N-dealkylation sites (N-methyl/N-ethyl adjacent to an activating group) is 1. The second kappa shape index (κ2) is 7.97. The molecular weight excluding hydrogens is 168 g/mol. The molecule has 0 aromatic rings. The van der Waals surface area contributed by atoms with Crippen LogP contribution in [0.25, 0.3) is 0 Å². The van der Waals surface area contributed by atoms with E-state index in [2.05, 4.69) is 16.0 Å². The van der Waals surface area contributed by atoms with Crippen molar-refractivity contribution in [3.8, 4) is 0 Å². The van der Waals surface area contributed by atoms with Crippen LogP contribution in [0.15, 0.2) is 0 Å². The van der Waals surface area contributed by atoms with Gasteiger partial charge in [-0.05, 0) is 27.1 Å². The minimum Gasteiger partial charge on any atom is -0.353 e. The van der Waals surface area contributed by atoms with Crippen LogP contribution in [0.1, 0.15) is 6.42 Å². The third-order valence-corrected chi connectivity index (χ3v) is 1.72. The van der Waals surface area contributed by atoms with Crippen LogP contribution in [0.4, 0.5) is 0 Å². The molecule has 5 nitrogen and oxygen atoms in total. The van der Waals surface area contributed by atoms with E-state index in [0.29, 0.717) is 13.0 Å². The fourth-order valence-electron chi connectivity index (χ4n) is 0.873. The molecule has 0 aliphatic heterocycles. The number of carbonyl (C=O) groups is 1. The van der Waals surface area contributed by atoms with Crippen LogP contribution in [0, 0.1) is 0 Å². The Labute approximate surface area is 79.4 Å². The van der Waals surface area contributed by atoms with E-state index in [0.717, 1.165) is 13.1 Å². The van der Waals surface area contributed by atoms with E-state index >= 15 is 0 Å². The van der Waals surface area contributed by atoms with E-state index in [1.165, 1.54) is 0 Å². The van der Waals surface area contributed by atoms with Crippen LogP contribution < -0.4 is 21.7 Å². The Morgan fingerprint density at radius 2 is 1.85 bits per heavy atom. The summed E-state index contributed by atoms with van der Waals surface area (Å²) in [6, 6.07) is -0.399. The van der Waals surface area contributed by atoms with Gasteiger partial charge in [0.05, 0.1) is 6.04 Å². The van der Waals surface area contributed by atoms with Gasteiger partial charge in [0.25, 0.3) is 0 Å². The molecule has 0 aliphatic rings. The Kier molecular flexibility index (Phi) is 7.57. The molecule has 0 rings (SSSR count). The number of hydrogen-bond donors (Lipinski definition) is 4. The van der Waals surface area contributed by atoms with Crippen LogP contribution >= 0.6 is 0 Å². The molecule has 0 aromatic heterocycles. The third-order valence-electron chi connectivity index (χ3n) is 1.72. The van der Waals surface area contributed by atoms with Gasteiger partial charge < -0.3 is 21.7 Å². The molecular formula is C8H20N4O. The molecule has 1 atom stereocenters. The molecule has 0 unspecified atom stereocenters. The minimum atomic E-state index is -0.399. The van der Waals surface area contributed by atoms with E-state index in [9.17, 15) is 4.79 Å². The van der Waals surface area contributed by atoms with Gasteiger partial charge in [0.15, 0.2) is 0 Å². The van der Waals surface area contributed by atoms with Crippen molar-refractivity contribution in [2.75, 3.05) is 33.7 Å². The van der Waals surface area contributed by atoms with Gasteiger partial charge in [-0.25, -0.2) is 0 Å². The van der Waals surface area contributed by atoms with E-state index in [-0.39, 0.29) is 5.91 Å². The lowest BCUT2D eigenvalue weighted by molar-refractivity contribution is -0.122. The highest BCUT2D eigenvalue weighted by Crippen LogP contribution is 1.85. The van der Waals surface area contributed by atoms with Gasteiger partial charge in [0.2, 0.25) is 5.91 Å². The van der Waals surface area contributed by atoms with Gasteiger partial charge in [0.1, 0.15) is 0 Å². The summed E-state index contributed by atoms with van der Waals surface area (Å²) < 4.78 is 0. The van der Waals surface area contributed by atoms with Crippen molar-refractivity contribution < 1.29 is 4.79 Å². The molecule has 0 saturated heterocycles. The Balaban J connectivity index is 3.45. The zero-order valence-corrected chi connectivity index (χ0v) is 8.39. The van der Waals surface area contributed by atoms with Crippen molar-refractivity contribution in [1.29, 1.82) is 0 Å². The third kappa shape index (κ3) is 6.51. The van der Waals surface area contributed by atoms with Gasteiger partial charge in [-0.15, -0.1) is 0 Å². The molecule has 0 saturated carbocycles. The highest BCUT2D eigenvalue weighted by molar-refractivity contribution is 5.81. The van der Waals surface area contributed by atoms with Gasteiger partial charge in [-0.3, -0.25) is 4.79 Å². The quantitative estimate of drug-likeness (QED) is 0.358. The monoisotopic (exact) mass is 188 g/mol. The van der Waals surface area contributed by atoms with Crippen LogP contribution in [-0.2, 0) is 4.79 Å². The summed E-state index contributed by atoms with van der Waals surface area (Å²) in [4.78, 5) is 11.2. The maximum Gasteiger partial charge on any atom is 0.237 e. The number of hydrogen-bond acceptors (Lipinski definition) is 4. The molecule has 1 amide bonds. The molecule has 0 radical (unpaired) electrons. The summed E-state index contributed by atoms with van der Waals surface area (Å²) in [6.07, 6.45) is 0.669. The first kappa shape index (κ1) is 12.3. The highest BCUT2D eigenvalue weighted by Gasteiger charge is 2.10. The maximum atomic E-state index is 11.2. The Bertz CT molecular complexity index is 140. The summed E-state index contributed by atoms with van der Waals surface area (Å²) in [5, 5.41) is 8.62. The SMILES string of the molecule is CNCCNC(=O)[C@@H](N)CCNC. The van der Waals surface area contributed by atoms with Crippen molar-refractivity contribution in [2.45, 2.75) is 12.5 Å². The summed E-state index contributed by atoms with van der Waals surface area (Å²) in [6.45, 7) is 2.16. The largest absolute Gasteiger partial charge is 0.353 e. The van der Waals surface area contributed by atoms with Crippen LogP contribution in [0.2, 0.25) is 0 Å². The number of nitrogens with one attached hydrogen (secondary N) is 3. The maximum absolute atomic E-state index is 11.2. The Morgan fingerprint density at radius 1 is 1.23 bits per heavy atom. The van der Waals surface area contributed by atoms with Crippen LogP contribution in [0.3, 0.4) is 0 Å². The minimum absolute atomic E-state index is 0.0782. The molecule has 0 spiro atoms. The lowest BCUT2D eigenvalue weighted by Gasteiger charge is -2.11. The molecule has 5 N–H and O–H groups in total. The number of carbonyl (C=O) groups excluding carboxylic acids is 1. The molecule has 0 fully saturated rings. The Hall–Kier alpha value is -0.650. The van der Waals surface area contributed by atoms with E-state index in [1.807, 2.05) is 14.1 Å². The van der Waals surface area contributed by atoms with Crippen molar-refractivity contribution in [3.63, 3.8) is 0 Å². The van der Waals surface area contributed by atoms with E-state index in [4.69, 9.17) is 5.73 Å². The normalized spacial score (nSPS) is 12.5. The molecule has 0 heterocycles. The molecule has 0 aromatic carbocycles. The first-order valence-electron chi connectivity index (χ1n) is 4.55. The van der Waals surface area contributed by atoms with Crippen molar-refractivity contribution in [1.82, 2.24) is 16.0 Å². The molecule has 0 aliphatic carbocycles. The summed E-state index contributed by atoms with van der Waals surface area (Å²) in [5.41, 5.74) is 5.61. The first-order valence-corrected chi connectivity index (χ1v) is 4.55. The fourth-order valence-corrected chi connectivity index (χ4v) is 0.873. The molecule has 78 valence electrons. The van der Waals surface area contributed by atoms with Gasteiger partial charge in [-0.2, -0.15) is 0 Å². The number of rotatable bonds is 7.